The molecular weight excluding hydrogens is 370 g/mol. The van der Waals surface area contributed by atoms with Gasteiger partial charge in [-0.05, 0) is 12.1 Å². The Morgan fingerprint density at radius 3 is 2.85 bits per heavy atom. The molecule has 3 heterocycles. The molecule has 2 aromatic rings. The lowest BCUT2D eigenvalue weighted by atomic mass is 10.4. The topological polar surface area (TPSA) is 102 Å². The van der Waals surface area contributed by atoms with Gasteiger partial charge in [0.15, 0.2) is 16.7 Å². The number of nitrogens with one attached hydrogen (secondary N) is 1. The van der Waals surface area contributed by atoms with Crippen LogP contribution in [0.5, 0.6) is 0 Å². The molecule has 0 atom stereocenters. The van der Waals surface area contributed by atoms with E-state index in [0.29, 0.717) is 43.8 Å². The number of aromatic nitrogens is 3. The van der Waals surface area contributed by atoms with Crippen molar-refractivity contribution in [2.45, 2.75) is 18.2 Å². The van der Waals surface area contributed by atoms with Crippen molar-refractivity contribution in [3.05, 3.63) is 42.6 Å². The molecule has 27 heavy (non-hydrogen) atoms. The zero-order valence-electron chi connectivity index (χ0n) is 14.8. The maximum Gasteiger partial charge on any atom is 0.287 e. The van der Waals surface area contributed by atoms with E-state index in [9.17, 15) is 9.59 Å². The summed E-state index contributed by atoms with van der Waals surface area (Å²) in [5, 5.41) is 11.6. The van der Waals surface area contributed by atoms with Gasteiger partial charge in [-0.2, -0.15) is 0 Å². The van der Waals surface area contributed by atoms with Gasteiger partial charge in [0.05, 0.1) is 31.8 Å². The first kappa shape index (κ1) is 19.2. The van der Waals surface area contributed by atoms with Gasteiger partial charge in [0.2, 0.25) is 5.91 Å². The third-order valence-electron chi connectivity index (χ3n) is 3.95. The zero-order valence-corrected chi connectivity index (χ0v) is 15.6. The maximum atomic E-state index is 12.3. The lowest BCUT2D eigenvalue weighted by Crippen LogP contribution is -2.41. The van der Waals surface area contributed by atoms with Crippen molar-refractivity contribution in [1.82, 2.24) is 25.0 Å². The van der Waals surface area contributed by atoms with Crippen molar-refractivity contribution >= 4 is 23.6 Å². The number of amides is 2. The second kappa shape index (κ2) is 9.38. The summed E-state index contributed by atoms with van der Waals surface area (Å²) in [5.41, 5.74) is 0. The Labute approximate surface area is 160 Å². The average Bonchev–Trinajstić information content (AvgIpc) is 3.36. The highest BCUT2D eigenvalue weighted by atomic mass is 32.2. The Hall–Kier alpha value is -2.59. The van der Waals surface area contributed by atoms with E-state index in [0.717, 1.165) is 0 Å². The minimum absolute atomic E-state index is 0.0455. The third-order valence-corrected chi connectivity index (χ3v) is 4.90. The fourth-order valence-electron chi connectivity index (χ4n) is 2.55. The van der Waals surface area contributed by atoms with Crippen molar-refractivity contribution in [2.24, 2.45) is 0 Å². The number of carbonyl (C=O) groups is 2. The van der Waals surface area contributed by atoms with Gasteiger partial charge in [0.1, 0.15) is 0 Å². The second-order valence-corrected chi connectivity index (χ2v) is 6.68. The highest BCUT2D eigenvalue weighted by Crippen LogP contribution is 2.18. The summed E-state index contributed by atoms with van der Waals surface area (Å²) in [7, 11) is 0. The van der Waals surface area contributed by atoms with Gasteiger partial charge in [-0.3, -0.25) is 9.59 Å². The number of carbonyl (C=O) groups excluding carboxylic acids is 2. The van der Waals surface area contributed by atoms with Gasteiger partial charge in [0.25, 0.3) is 5.91 Å². The molecule has 0 saturated carbocycles. The molecule has 1 aliphatic rings. The van der Waals surface area contributed by atoms with Crippen LogP contribution in [0.4, 0.5) is 0 Å². The van der Waals surface area contributed by atoms with E-state index in [1.807, 2.05) is 4.57 Å². The Bertz CT molecular complexity index is 783. The van der Waals surface area contributed by atoms with Crippen LogP contribution >= 0.6 is 11.8 Å². The first-order chi connectivity index (χ1) is 13.2. The highest BCUT2D eigenvalue weighted by molar-refractivity contribution is 7.99. The molecule has 2 amide bonds. The molecule has 10 heteroatoms. The molecule has 1 saturated heterocycles. The predicted molar refractivity (Wildman–Crippen MR) is 98.2 cm³/mol. The number of thioether (sulfide) groups is 1. The summed E-state index contributed by atoms with van der Waals surface area (Å²) in [6.07, 6.45) is 3.16. The minimum Gasteiger partial charge on any atom is -0.459 e. The van der Waals surface area contributed by atoms with E-state index < -0.39 is 0 Å². The second-order valence-electron chi connectivity index (χ2n) is 5.74. The van der Waals surface area contributed by atoms with Crippen molar-refractivity contribution in [3.63, 3.8) is 0 Å². The Kier molecular flexibility index (Phi) is 6.66. The molecule has 0 aromatic carbocycles. The maximum absolute atomic E-state index is 12.3. The van der Waals surface area contributed by atoms with Crippen molar-refractivity contribution in [1.29, 1.82) is 0 Å². The summed E-state index contributed by atoms with van der Waals surface area (Å²) in [4.78, 5) is 26.1. The summed E-state index contributed by atoms with van der Waals surface area (Å²) in [6.45, 7) is 6.79. The van der Waals surface area contributed by atoms with Crippen molar-refractivity contribution in [3.8, 4) is 0 Å². The van der Waals surface area contributed by atoms with Gasteiger partial charge in [0, 0.05) is 19.6 Å². The summed E-state index contributed by atoms with van der Waals surface area (Å²) < 4.78 is 12.1. The molecule has 0 bridgehead atoms. The standard InChI is InChI=1S/C17H21N5O4S/c1-2-5-22-14(11-18-16(24)13-4-3-8-26-13)19-20-17(22)27-12-15(23)21-6-9-25-10-7-21/h2-4,8H,1,5-7,9-12H2,(H,18,24). The van der Waals surface area contributed by atoms with Gasteiger partial charge >= 0.3 is 0 Å². The molecule has 1 fully saturated rings. The van der Waals surface area contributed by atoms with Crippen LogP contribution in [0.1, 0.15) is 16.4 Å². The van der Waals surface area contributed by atoms with Crippen LogP contribution in [0, 0.1) is 0 Å². The fraction of sp³-hybridized carbons (Fsp3) is 0.412. The van der Waals surface area contributed by atoms with Crippen LogP contribution < -0.4 is 5.32 Å². The van der Waals surface area contributed by atoms with Crippen LogP contribution in [0.15, 0.2) is 40.6 Å². The fourth-order valence-corrected chi connectivity index (χ4v) is 3.42. The van der Waals surface area contributed by atoms with E-state index >= 15 is 0 Å². The molecule has 2 aromatic heterocycles. The summed E-state index contributed by atoms with van der Waals surface area (Å²) >= 11 is 1.32. The Balaban J connectivity index is 1.59. The van der Waals surface area contributed by atoms with E-state index in [1.54, 1.807) is 23.1 Å². The summed E-state index contributed by atoms with van der Waals surface area (Å²) in [6, 6.07) is 3.23. The number of morpholine rings is 1. The highest BCUT2D eigenvalue weighted by Gasteiger charge is 2.19. The number of hydrogen-bond donors (Lipinski definition) is 1. The molecule has 1 N–H and O–H groups in total. The monoisotopic (exact) mass is 391 g/mol. The normalized spacial score (nSPS) is 14.1. The van der Waals surface area contributed by atoms with E-state index in [2.05, 4.69) is 22.1 Å². The zero-order chi connectivity index (χ0) is 19.1. The minimum atomic E-state index is -0.329. The third kappa shape index (κ3) is 4.98. The molecule has 144 valence electrons. The van der Waals surface area contributed by atoms with Crippen molar-refractivity contribution < 1.29 is 18.7 Å². The molecule has 9 nitrogen and oxygen atoms in total. The van der Waals surface area contributed by atoms with Gasteiger partial charge in [-0.25, -0.2) is 0 Å². The molecule has 3 rings (SSSR count). The van der Waals surface area contributed by atoms with E-state index in [-0.39, 0.29) is 29.9 Å². The molecule has 0 unspecified atom stereocenters. The molecule has 0 spiro atoms. The quantitative estimate of drug-likeness (QED) is 0.528. The Morgan fingerprint density at radius 2 is 2.15 bits per heavy atom. The molecule has 1 aliphatic heterocycles. The van der Waals surface area contributed by atoms with Crippen LogP contribution in [0.3, 0.4) is 0 Å². The van der Waals surface area contributed by atoms with Gasteiger partial charge in [-0.15, -0.1) is 16.8 Å². The largest absolute Gasteiger partial charge is 0.459 e. The number of hydrogen-bond acceptors (Lipinski definition) is 7. The lowest BCUT2D eigenvalue weighted by Gasteiger charge is -2.26. The van der Waals surface area contributed by atoms with Crippen LogP contribution in [-0.2, 0) is 22.6 Å². The SMILES string of the molecule is C=CCn1c(CNC(=O)c2ccco2)nnc1SCC(=O)N1CCOCC1. The first-order valence-electron chi connectivity index (χ1n) is 8.52. The Morgan fingerprint density at radius 1 is 1.33 bits per heavy atom. The summed E-state index contributed by atoms with van der Waals surface area (Å²) in [5.74, 6) is 0.800. The number of rotatable bonds is 8. The number of ether oxygens (including phenoxy) is 1. The van der Waals surface area contributed by atoms with Crippen LogP contribution in [0.2, 0.25) is 0 Å². The number of furan rings is 1. The molecule has 0 radical (unpaired) electrons. The average molecular weight is 391 g/mol. The van der Waals surface area contributed by atoms with Crippen LogP contribution in [0.25, 0.3) is 0 Å². The molecular formula is C17H21N5O4S. The smallest absolute Gasteiger partial charge is 0.287 e. The first-order valence-corrected chi connectivity index (χ1v) is 9.50. The van der Waals surface area contributed by atoms with E-state index in [4.69, 9.17) is 9.15 Å². The van der Waals surface area contributed by atoms with Gasteiger partial charge < -0.3 is 23.9 Å². The lowest BCUT2D eigenvalue weighted by molar-refractivity contribution is -0.132. The number of nitrogens with zero attached hydrogens (tertiary/aromatic N) is 4. The molecule has 0 aliphatic carbocycles. The van der Waals surface area contributed by atoms with Crippen molar-refractivity contribution in [2.75, 3.05) is 32.1 Å². The van der Waals surface area contributed by atoms with Crippen LogP contribution in [-0.4, -0.2) is 63.5 Å². The number of allylic oxidation sites excluding steroid dienone is 1. The van der Waals surface area contributed by atoms with Gasteiger partial charge in [-0.1, -0.05) is 17.8 Å². The predicted octanol–water partition coefficient (Wildman–Crippen LogP) is 0.938. The van der Waals surface area contributed by atoms with E-state index in [1.165, 1.54) is 18.0 Å².